The minimum absolute atomic E-state index is 0.0782. The van der Waals surface area contributed by atoms with Crippen LogP contribution in [0.2, 0.25) is 0 Å². The molecule has 0 aliphatic rings. The highest BCUT2D eigenvalue weighted by atomic mass is 19.4. The number of amides is 1. The summed E-state index contributed by atoms with van der Waals surface area (Å²) >= 11 is 0. The molecule has 0 aliphatic carbocycles. The molecule has 0 atom stereocenters. The van der Waals surface area contributed by atoms with Crippen molar-refractivity contribution in [3.05, 3.63) is 41.6 Å². The number of pyridine rings is 1. The summed E-state index contributed by atoms with van der Waals surface area (Å²) in [6.07, 6.45) is -1.24. The van der Waals surface area contributed by atoms with Gasteiger partial charge in [-0.1, -0.05) is 0 Å². The van der Waals surface area contributed by atoms with Crippen LogP contribution in [0.15, 0.2) is 24.8 Å². The summed E-state index contributed by atoms with van der Waals surface area (Å²) < 4.78 is 38.2. The van der Waals surface area contributed by atoms with Gasteiger partial charge in [0.15, 0.2) is 0 Å². The zero-order chi connectivity index (χ0) is 16.3. The van der Waals surface area contributed by atoms with Gasteiger partial charge in [-0.3, -0.25) is 4.79 Å². The standard InChI is InChI=1S/C13H12F3N5O/c1-7-4-18-6-20-10(7)12(22)21-9-3-8(13(14,15)16)5-19-11(9)17-2/h3-6H,1-2H3,(H,17,19)(H,21,22). The summed E-state index contributed by atoms with van der Waals surface area (Å²) in [6, 6.07) is 0.813. The van der Waals surface area contributed by atoms with Crippen molar-refractivity contribution in [3.63, 3.8) is 0 Å². The lowest BCUT2D eigenvalue weighted by molar-refractivity contribution is -0.137. The first-order valence-corrected chi connectivity index (χ1v) is 6.16. The van der Waals surface area contributed by atoms with Gasteiger partial charge < -0.3 is 10.6 Å². The summed E-state index contributed by atoms with van der Waals surface area (Å²) in [5, 5.41) is 5.00. The van der Waals surface area contributed by atoms with Crippen LogP contribution < -0.4 is 10.6 Å². The average molecular weight is 311 g/mol. The average Bonchev–Trinajstić information content (AvgIpc) is 2.46. The number of rotatable bonds is 3. The zero-order valence-corrected chi connectivity index (χ0v) is 11.7. The quantitative estimate of drug-likeness (QED) is 0.910. The third kappa shape index (κ3) is 3.30. The van der Waals surface area contributed by atoms with E-state index in [2.05, 4.69) is 25.6 Å². The Morgan fingerprint density at radius 3 is 2.55 bits per heavy atom. The first-order chi connectivity index (χ1) is 10.3. The van der Waals surface area contributed by atoms with E-state index in [1.54, 1.807) is 6.92 Å². The Kier molecular flexibility index (Phi) is 4.25. The first-order valence-electron chi connectivity index (χ1n) is 6.16. The van der Waals surface area contributed by atoms with Gasteiger partial charge in [0.1, 0.15) is 17.8 Å². The van der Waals surface area contributed by atoms with Crippen molar-refractivity contribution in [1.29, 1.82) is 0 Å². The predicted octanol–water partition coefficient (Wildman–Crippen LogP) is 2.49. The largest absolute Gasteiger partial charge is 0.417 e. The van der Waals surface area contributed by atoms with Crippen molar-refractivity contribution in [1.82, 2.24) is 15.0 Å². The lowest BCUT2D eigenvalue weighted by Crippen LogP contribution is -2.18. The maximum Gasteiger partial charge on any atom is 0.417 e. The number of carbonyl (C=O) groups excluding carboxylic acids is 1. The molecule has 2 N–H and O–H groups in total. The third-order valence-corrected chi connectivity index (χ3v) is 2.81. The number of hydrogen-bond donors (Lipinski definition) is 2. The van der Waals surface area contributed by atoms with E-state index in [4.69, 9.17) is 0 Å². The molecule has 116 valence electrons. The highest BCUT2D eigenvalue weighted by Crippen LogP contribution is 2.32. The molecule has 0 aromatic carbocycles. The van der Waals surface area contributed by atoms with Crippen molar-refractivity contribution in [3.8, 4) is 0 Å². The number of hydrogen-bond acceptors (Lipinski definition) is 5. The molecule has 2 aromatic rings. The Labute approximate surface area is 123 Å². The van der Waals surface area contributed by atoms with E-state index in [1.165, 1.54) is 19.6 Å². The second-order valence-corrected chi connectivity index (χ2v) is 4.38. The van der Waals surface area contributed by atoms with Crippen LogP contribution in [0.25, 0.3) is 0 Å². The summed E-state index contributed by atoms with van der Waals surface area (Å²) in [4.78, 5) is 23.3. The number of anilines is 2. The predicted molar refractivity (Wildman–Crippen MR) is 73.5 cm³/mol. The minimum atomic E-state index is -4.55. The minimum Gasteiger partial charge on any atom is -0.371 e. The maximum absolute atomic E-state index is 12.7. The Hall–Kier alpha value is -2.71. The zero-order valence-electron chi connectivity index (χ0n) is 11.7. The molecule has 2 rings (SSSR count). The van der Waals surface area contributed by atoms with Crippen molar-refractivity contribution in [2.75, 3.05) is 17.7 Å². The summed E-state index contributed by atoms with van der Waals surface area (Å²) in [6.45, 7) is 1.62. The van der Waals surface area contributed by atoms with Gasteiger partial charge in [0.25, 0.3) is 5.91 Å². The fourth-order valence-electron chi connectivity index (χ4n) is 1.73. The fourth-order valence-corrected chi connectivity index (χ4v) is 1.73. The van der Waals surface area contributed by atoms with E-state index >= 15 is 0 Å². The molecule has 9 heteroatoms. The highest BCUT2D eigenvalue weighted by Gasteiger charge is 2.32. The molecule has 0 fully saturated rings. The fraction of sp³-hybridized carbons (Fsp3) is 0.231. The number of nitrogens with zero attached hydrogens (tertiary/aromatic N) is 3. The number of carbonyl (C=O) groups is 1. The van der Waals surface area contributed by atoms with E-state index in [0.717, 1.165) is 6.07 Å². The van der Waals surface area contributed by atoms with E-state index < -0.39 is 17.6 Å². The van der Waals surface area contributed by atoms with E-state index in [-0.39, 0.29) is 17.2 Å². The third-order valence-electron chi connectivity index (χ3n) is 2.81. The van der Waals surface area contributed by atoms with Crippen molar-refractivity contribution < 1.29 is 18.0 Å². The Morgan fingerprint density at radius 2 is 1.95 bits per heavy atom. The maximum atomic E-state index is 12.7. The Balaban J connectivity index is 2.36. The normalized spacial score (nSPS) is 11.1. The molecule has 0 bridgehead atoms. The van der Waals surface area contributed by atoms with Gasteiger partial charge >= 0.3 is 6.18 Å². The molecule has 0 saturated carbocycles. The Morgan fingerprint density at radius 1 is 1.23 bits per heavy atom. The van der Waals surface area contributed by atoms with Crippen molar-refractivity contribution in [2.45, 2.75) is 13.1 Å². The molecular weight excluding hydrogens is 299 g/mol. The second kappa shape index (κ2) is 5.96. The van der Waals surface area contributed by atoms with Gasteiger partial charge in [0.05, 0.1) is 11.3 Å². The van der Waals surface area contributed by atoms with Crippen LogP contribution in [0.5, 0.6) is 0 Å². The SMILES string of the molecule is CNc1ncc(C(F)(F)F)cc1NC(=O)c1ncncc1C. The van der Waals surface area contributed by atoms with Crippen molar-refractivity contribution in [2.24, 2.45) is 0 Å². The molecule has 22 heavy (non-hydrogen) atoms. The topological polar surface area (TPSA) is 79.8 Å². The monoisotopic (exact) mass is 311 g/mol. The van der Waals surface area contributed by atoms with Crippen molar-refractivity contribution >= 4 is 17.4 Å². The molecule has 2 aromatic heterocycles. The van der Waals surface area contributed by atoms with Crippen LogP contribution in [0.1, 0.15) is 21.6 Å². The van der Waals surface area contributed by atoms with Crippen LogP contribution in [-0.4, -0.2) is 27.9 Å². The van der Waals surface area contributed by atoms with Crippen LogP contribution >= 0.6 is 0 Å². The van der Waals surface area contributed by atoms with Gasteiger partial charge in [-0.15, -0.1) is 0 Å². The van der Waals surface area contributed by atoms with E-state index in [9.17, 15) is 18.0 Å². The number of alkyl halides is 3. The molecule has 0 aliphatic heterocycles. The molecular formula is C13H12F3N5O. The number of aryl methyl sites for hydroxylation is 1. The first kappa shape index (κ1) is 15.7. The summed E-state index contributed by atoms with van der Waals surface area (Å²) in [7, 11) is 1.49. The molecule has 0 saturated heterocycles. The number of halogens is 3. The second-order valence-electron chi connectivity index (χ2n) is 4.38. The van der Waals surface area contributed by atoms with Gasteiger partial charge in [-0.05, 0) is 18.6 Å². The smallest absolute Gasteiger partial charge is 0.371 e. The molecule has 1 amide bonds. The number of nitrogens with one attached hydrogen (secondary N) is 2. The van der Waals surface area contributed by atoms with E-state index in [1.807, 2.05) is 0 Å². The lowest BCUT2D eigenvalue weighted by Gasteiger charge is -2.13. The van der Waals surface area contributed by atoms with Crippen LogP contribution in [0.3, 0.4) is 0 Å². The van der Waals surface area contributed by atoms with Gasteiger partial charge in [-0.25, -0.2) is 15.0 Å². The number of aromatic nitrogens is 3. The highest BCUT2D eigenvalue weighted by molar-refractivity contribution is 6.05. The van der Waals surface area contributed by atoms with E-state index in [0.29, 0.717) is 11.8 Å². The molecule has 0 spiro atoms. The molecule has 0 radical (unpaired) electrons. The van der Waals surface area contributed by atoms with Crippen LogP contribution in [0, 0.1) is 6.92 Å². The lowest BCUT2D eigenvalue weighted by atomic mass is 10.2. The molecule has 0 unspecified atom stereocenters. The van der Waals surface area contributed by atoms with Gasteiger partial charge in [-0.2, -0.15) is 13.2 Å². The summed E-state index contributed by atoms with van der Waals surface area (Å²) in [5.41, 5.74) is -0.457. The molecule has 2 heterocycles. The van der Waals surface area contributed by atoms with Gasteiger partial charge in [0, 0.05) is 19.4 Å². The summed E-state index contributed by atoms with van der Waals surface area (Å²) in [5.74, 6) is -0.523. The van der Waals surface area contributed by atoms with Crippen LogP contribution in [0.4, 0.5) is 24.7 Å². The van der Waals surface area contributed by atoms with Gasteiger partial charge in [0.2, 0.25) is 0 Å². The molecule has 6 nitrogen and oxygen atoms in total. The van der Waals surface area contributed by atoms with Crippen LogP contribution in [-0.2, 0) is 6.18 Å². The Bertz CT molecular complexity index is 702.